The van der Waals surface area contributed by atoms with Crippen molar-refractivity contribution < 1.29 is 37.0 Å². The molecule has 198 valence electrons. The van der Waals surface area contributed by atoms with Gasteiger partial charge in [-0.15, -0.1) is 11.8 Å². The minimum Gasteiger partial charge on any atom is -0.463 e. The first kappa shape index (κ1) is 28.3. The van der Waals surface area contributed by atoms with Crippen molar-refractivity contribution in [2.45, 2.75) is 56.7 Å². The number of aromatic nitrogens is 2. The summed E-state index contributed by atoms with van der Waals surface area (Å²) in [6, 6.07) is 6.28. The molecule has 0 spiro atoms. The first-order chi connectivity index (χ1) is 16.9. The third kappa shape index (κ3) is 7.15. The molecule has 9 nitrogen and oxygen atoms in total. The number of rotatable bonds is 10. The van der Waals surface area contributed by atoms with Crippen LogP contribution in [0.4, 0.5) is 8.78 Å². The average Bonchev–Trinajstić information content (AvgIpc) is 3.07. The fraction of sp³-hybridized carbons (Fsp3) is 0.522. The number of alkyl halides is 1. The van der Waals surface area contributed by atoms with E-state index in [0.29, 0.717) is 5.69 Å². The molecule has 13 heteroatoms. The van der Waals surface area contributed by atoms with Gasteiger partial charge < -0.3 is 14.4 Å². The number of nitrogens with zero attached hydrogens (tertiary/aromatic N) is 2. The Labute approximate surface area is 211 Å². The van der Waals surface area contributed by atoms with Gasteiger partial charge >= 0.3 is 19.3 Å². The molecule has 2 aromatic rings. The number of thioether (sulfide) groups is 1. The monoisotopic (exact) mass is 546 g/mol. The number of benzene rings is 1. The number of carbonyl (C=O) groups excluding carboxylic acids is 1. The van der Waals surface area contributed by atoms with Crippen molar-refractivity contribution >= 4 is 25.3 Å². The second-order valence-electron chi connectivity index (χ2n) is 8.78. The van der Waals surface area contributed by atoms with Gasteiger partial charge in [-0.2, -0.15) is 4.98 Å². The summed E-state index contributed by atoms with van der Waals surface area (Å²) >= 11 is 0.938. The summed E-state index contributed by atoms with van der Waals surface area (Å²) in [4.78, 5) is 28.3. The van der Waals surface area contributed by atoms with Crippen LogP contribution < -0.4 is 10.2 Å². The molecular formula is C23H29F2N2O7PS. The lowest BCUT2D eigenvalue weighted by Crippen LogP contribution is -2.33. The van der Waals surface area contributed by atoms with E-state index in [4.69, 9.17) is 13.8 Å². The fourth-order valence-corrected chi connectivity index (χ4v) is 6.88. The maximum atomic E-state index is 14.9. The van der Waals surface area contributed by atoms with Crippen molar-refractivity contribution in [3.05, 3.63) is 58.5 Å². The zero-order valence-electron chi connectivity index (χ0n) is 20.2. The minimum absolute atomic E-state index is 0.0438. The Morgan fingerprint density at radius 2 is 1.92 bits per heavy atom. The first-order valence-corrected chi connectivity index (χ1v) is 14.0. The van der Waals surface area contributed by atoms with Gasteiger partial charge in [0.1, 0.15) is 23.0 Å². The van der Waals surface area contributed by atoms with Gasteiger partial charge in [0.05, 0.1) is 30.0 Å². The molecule has 1 aromatic heterocycles. The first-order valence-electron chi connectivity index (χ1n) is 11.3. The molecule has 1 fully saturated rings. The summed E-state index contributed by atoms with van der Waals surface area (Å²) in [5.74, 6) is -1.97. The van der Waals surface area contributed by atoms with E-state index < -0.39 is 60.5 Å². The number of aryl methyl sites for hydroxylation is 1. The lowest BCUT2D eigenvalue weighted by molar-refractivity contribution is -0.151. The summed E-state index contributed by atoms with van der Waals surface area (Å²) in [6.07, 6.45) is -2.71. The molecule has 0 radical (unpaired) electrons. The maximum absolute atomic E-state index is 14.9. The summed E-state index contributed by atoms with van der Waals surface area (Å²) in [5.41, 5.74) is -0.189. The van der Waals surface area contributed by atoms with Gasteiger partial charge in [-0.1, -0.05) is 6.92 Å². The van der Waals surface area contributed by atoms with Crippen LogP contribution in [0.3, 0.4) is 0 Å². The molecule has 0 aliphatic carbocycles. The Morgan fingerprint density at radius 3 is 2.53 bits per heavy atom. The zero-order chi connectivity index (χ0) is 26.6. The number of esters is 1. The Bertz CT molecular complexity index is 1160. The van der Waals surface area contributed by atoms with Crippen LogP contribution >= 0.6 is 19.4 Å². The van der Waals surface area contributed by atoms with Crippen LogP contribution in [0.1, 0.15) is 31.8 Å². The SMILES string of the molecule is Cc1ccn([C@@H]2S[C@H](COP(=O)(C[C@@H](C)C(=O)OC(C)C)Oc3ccc(F)cc3)[C@@H](O)[C@@H]2F)c(=O)n1. The van der Waals surface area contributed by atoms with Crippen LogP contribution in [0.2, 0.25) is 0 Å². The molecule has 1 aliphatic rings. The van der Waals surface area contributed by atoms with E-state index in [0.717, 1.165) is 28.5 Å². The topological polar surface area (TPSA) is 117 Å². The van der Waals surface area contributed by atoms with Gasteiger partial charge in [0.15, 0.2) is 6.17 Å². The van der Waals surface area contributed by atoms with Gasteiger partial charge in [-0.3, -0.25) is 13.9 Å². The predicted molar refractivity (Wildman–Crippen MR) is 130 cm³/mol. The number of aliphatic hydroxyl groups is 1. The van der Waals surface area contributed by atoms with E-state index in [1.807, 2.05) is 0 Å². The molecule has 0 amide bonds. The third-order valence-electron chi connectivity index (χ3n) is 5.28. The molecule has 0 saturated carbocycles. The smallest absolute Gasteiger partial charge is 0.380 e. The minimum atomic E-state index is -4.07. The van der Waals surface area contributed by atoms with Gasteiger partial charge in [-0.05, 0) is 51.1 Å². The maximum Gasteiger partial charge on any atom is 0.380 e. The number of hydrogen-bond acceptors (Lipinski definition) is 9. The summed E-state index contributed by atoms with van der Waals surface area (Å²) in [5, 5.41) is 8.50. The fourth-order valence-electron chi connectivity index (χ4n) is 3.47. The van der Waals surface area contributed by atoms with Crippen LogP contribution in [0.5, 0.6) is 5.75 Å². The number of halogens is 2. The summed E-state index contributed by atoms with van der Waals surface area (Å²) in [7, 11) is -4.07. The highest BCUT2D eigenvalue weighted by Crippen LogP contribution is 2.52. The van der Waals surface area contributed by atoms with Crippen LogP contribution in [0, 0.1) is 18.7 Å². The van der Waals surface area contributed by atoms with Crippen LogP contribution in [-0.2, 0) is 18.6 Å². The number of aliphatic hydroxyl groups excluding tert-OH is 1. The third-order valence-corrected chi connectivity index (χ3v) is 8.84. The van der Waals surface area contributed by atoms with Crippen LogP contribution in [0.25, 0.3) is 0 Å². The van der Waals surface area contributed by atoms with Crippen LogP contribution in [-0.4, -0.2) is 57.0 Å². The molecule has 1 aromatic carbocycles. The van der Waals surface area contributed by atoms with E-state index >= 15 is 0 Å². The molecule has 2 heterocycles. The quantitative estimate of drug-likeness (QED) is 0.350. The highest BCUT2D eigenvalue weighted by molar-refractivity contribution is 8.00. The van der Waals surface area contributed by atoms with E-state index in [1.165, 1.54) is 25.3 Å². The van der Waals surface area contributed by atoms with Gasteiger partial charge in [-0.25, -0.2) is 18.1 Å². The molecule has 6 atom stereocenters. The van der Waals surface area contributed by atoms with E-state index in [-0.39, 0.29) is 18.0 Å². The Kier molecular flexibility index (Phi) is 9.32. The Morgan fingerprint density at radius 1 is 1.25 bits per heavy atom. The second-order valence-corrected chi connectivity index (χ2v) is 12.2. The van der Waals surface area contributed by atoms with Crippen molar-refractivity contribution in [3.8, 4) is 5.75 Å². The number of ether oxygens (including phenoxy) is 1. The predicted octanol–water partition coefficient (Wildman–Crippen LogP) is 3.88. The molecule has 0 bridgehead atoms. The van der Waals surface area contributed by atoms with Crippen molar-refractivity contribution in [3.63, 3.8) is 0 Å². The summed E-state index contributed by atoms with van der Waals surface area (Å²) < 4.78 is 59.3. The highest BCUT2D eigenvalue weighted by Gasteiger charge is 2.46. The molecular weight excluding hydrogens is 517 g/mol. The average molecular weight is 547 g/mol. The van der Waals surface area contributed by atoms with E-state index in [2.05, 4.69) is 4.98 Å². The Hall–Kier alpha value is -2.27. The van der Waals surface area contributed by atoms with E-state index in [1.54, 1.807) is 26.8 Å². The molecule has 3 rings (SSSR count). The lowest BCUT2D eigenvalue weighted by Gasteiger charge is -2.24. The Balaban J connectivity index is 1.76. The van der Waals surface area contributed by atoms with Crippen molar-refractivity contribution in [1.82, 2.24) is 9.55 Å². The largest absolute Gasteiger partial charge is 0.463 e. The van der Waals surface area contributed by atoms with Crippen molar-refractivity contribution in [2.75, 3.05) is 12.8 Å². The van der Waals surface area contributed by atoms with Crippen LogP contribution in [0.15, 0.2) is 41.3 Å². The van der Waals surface area contributed by atoms with Gasteiger partial charge in [0.2, 0.25) is 0 Å². The number of carbonyl (C=O) groups is 1. The van der Waals surface area contributed by atoms with E-state index in [9.17, 15) is 28.0 Å². The van der Waals surface area contributed by atoms with Gasteiger partial charge in [0, 0.05) is 11.9 Å². The lowest BCUT2D eigenvalue weighted by atomic mass is 10.1. The van der Waals surface area contributed by atoms with Crippen molar-refractivity contribution in [1.29, 1.82) is 0 Å². The van der Waals surface area contributed by atoms with Crippen molar-refractivity contribution in [2.24, 2.45) is 5.92 Å². The second kappa shape index (κ2) is 11.9. The highest BCUT2D eigenvalue weighted by atomic mass is 32.2. The molecule has 1 saturated heterocycles. The zero-order valence-corrected chi connectivity index (χ0v) is 22.0. The summed E-state index contributed by atoms with van der Waals surface area (Å²) in [6.45, 7) is 6.07. The molecule has 36 heavy (non-hydrogen) atoms. The number of hydrogen-bond donors (Lipinski definition) is 1. The molecule has 1 aliphatic heterocycles. The molecule has 1 N–H and O–H groups in total. The van der Waals surface area contributed by atoms with Gasteiger partial charge in [0.25, 0.3) is 0 Å². The standard InChI is InChI=1S/C23H29F2N2O7PS/c1-13(2)33-22(29)14(3)12-35(31,34-17-7-5-16(24)6-8-17)32-11-18-20(28)19(25)21(36-18)27-10-9-15(4)26-23(27)30/h5-10,13-14,18-21,28H,11-12H2,1-4H3/t14-,18-,19+,20-,21-,35?/m1/s1. The molecule has 1 unspecified atom stereocenters. The normalized spacial score (nSPS) is 24.3.